The predicted octanol–water partition coefficient (Wildman–Crippen LogP) is 3.48. The molecule has 0 amide bonds. The number of rotatable bonds is 3. The minimum atomic E-state index is -0.346. The molecule has 0 bridgehead atoms. The molecule has 5 nitrogen and oxygen atoms in total. The standard InChI is InChI=1S/C17H12FN3O2/c18-12-5-2-1-4-11(12)17-20-13-8-15-16(23-10-22-15)9-14(13)21(17)7-3-6-19/h1-2,4-5,8-9H,3,7,10H2. The lowest BCUT2D eigenvalue weighted by Gasteiger charge is -2.08. The lowest BCUT2D eigenvalue weighted by Crippen LogP contribution is -2.01. The predicted molar refractivity (Wildman–Crippen MR) is 81.5 cm³/mol. The first kappa shape index (κ1) is 13.6. The molecule has 0 radical (unpaired) electrons. The summed E-state index contributed by atoms with van der Waals surface area (Å²) < 4.78 is 26.8. The Hall–Kier alpha value is -3.07. The average molecular weight is 309 g/mol. The van der Waals surface area contributed by atoms with Crippen molar-refractivity contribution >= 4 is 11.0 Å². The highest BCUT2D eigenvalue weighted by atomic mass is 19.1. The van der Waals surface area contributed by atoms with Crippen molar-refractivity contribution in [1.82, 2.24) is 9.55 Å². The molecule has 3 aromatic rings. The van der Waals surface area contributed by atoms with Crippen molar-refractivity contribution in [3.63, 3.8) is 0 Å². The number of imidazole rings is 1. The number of hydrogen-bond acceptors (Lipinski definition) is 4. The van der Waals surface area contributed by atoms with Gasteiger partial charge in [-0.15, -0.1) is 0 Å². The Morgan fingerprint density at radius 2 is 2.00 bits per heavy atom. The van der Waals surface area contributed by atoms with Crippen LogP contribution in [0, 0.1) is 17.1 Å². The number of nitrogens with zero attached hydrogens (tertiary/aromatic N) is 3. The van der Waals surface area contributed by atoms with E-state index in [1.54, 1.807) is 24.3 Å². The Labute approximate surface area is 131 Å². The van der Waals surface area contributed by atoms with Gasteiger partial charge in [0.2, 0.25) is 6.79 Å². The third-order valence-electron chi connectivity index (χ3n) is 3.80. The van der Waals surface area contributed by atoms with Crippen molar-refractivity contribution in [2.45, 2.75) is 13.0 Å². The van der Waals surface area contributed by atoms with Gasteiger partial charge >= 0.3 is 0 Å². The normalized spacial score (nSPS) is 12.5. The van der Waals surface area contributed by atoms with E-state index in [-0.39, 0.29) is 12.6 Å². The summed E-state index contributed by atoms with van der Waals surface area (Å²) in [5.74, 6) is 1.41. The molecule has 4 rings (SSSR count). The Bertz CT molecular complexity index is 943. The van der Waals surface area contributed by atoms with Crippen molar-refractivity contribution in [2.75, 3.05) is 6.79 Å². The summed E-state index contributed by atoms with van der Waals surface area (Å²) in [7, 11) is 0. The van der Waals surface area contributed by atoms with Crippen LogP contribution in [0.15, 0.2) is 36.4 Å². The minimum Gasteiger partial charge on any atom is -0.454 e. The zero-order valence-corrected chi connectivity index (χ0v) is 12.1. The van der Waals surface area contributed by atoms with Gasteiger partial charge in [0.25, 0.3) is 0 Å². The van der Waals surface area contributed by atoms with Gasteiger partial charge < -0.3 is 14.0 Å². The first-order chi connectivity index (χ1) is 11.3. The summed E-state index contributed by atoms with van der Waals surface area (Å²) in [5.41, 5.74) is 1.89. The summed E-state index contributed by atoms with van der Waals surface area (Å²) in [4.78, 5) is 4.55. The molecule has 2 heterocycles. The van der Waals surface area contributed by atoms with Crippen molar-refractivity contribution in [3.8, 4) is 29.0 Å². The van der Waals surface area contributed by atoms with Crippen LogP contribution < -0.4 is 9.47 Å². The second kappa shape index (κ2) is 5.29. The number of aromatic nitrogens is 2. The topological polar surface area (TPSA) is 60.1 Å². The van der Waals surface area contributed by atoms with Gasteiger partial charge in [0.1, 0.15) is 11.6 Å². The Balaban J connectivity index is 1.96. The fourth-order valence-electron chi connectivity index (χ4n) is 2.75. The largest absolute Gasteiger partial charge is 0.454 e. The maximum Gasteiger partial charge on any atom is 0.231 e. The van der Waals surface area contributed by atoms with Crippen LogP contribution in [0.3, 0.4) is 0 Å². The molecule has 2 aromatic carbocycles. The van der Waals surface area contributed by atoms with Gasteiger partial charge in [0.05, 0.1) is 29.1 Å². The smallest absolute Gasteiger partial charge is 0.231 e. The molecule has 6 heteroatoms. The number of halogens is 1. The minimum absolute atomic E-state index is 0.181. The first-order valence-corrected chi connectivity index (χ1v) is 7.19. The van der Waals surface area contributed by atoms with Gasteiger partial charge in [-0.3, -0.25) is 0 Å². The van der Waals surface area contributed by atoms with Crippen LogP contribution in [0.5, 0.6) is 11.5 Å². The van der Waals surface area contributed by atoms with E-state index >= 15 is 0 Å². The average Bonchev–Trinajstić information content (AvgIpc) is 3.14. The van der Waals surface area contributed by atoms with Crippen LogP contribution in [0.2, 0.25) is 0 Å². The number of ether oxygens (including phenoxy) is 2. The number of hydrogen-bond donors (Lipinski definition) is 0. The van der Waals surface area contributed by atoms with Gasteiger partial charge in [0, 0.05) is 18.7 Å². The maximum atomic E-state index is 14.2. The van der Waals surface area contributed by atoms with E-state index < -0.39 is 0 Å². The molecule has 0 aliphatic carbocycles. The van der Waals surface area contributed by atoms with Gasteiger partial charge in [-0.1, -0.05) is 12.1 Å². The van der Waals surface area contributed by atoms with Crippen molar-refractivity contribution in [3.05, 3.63) is 42.2 Å². The highest BCUT2D eigenvalue weighted by Crippen LogP contribution is 2.37. The first-order valence-electron chi connectivity index (χ1n) is 7.19. The molecule has 1 aliphatic heterocycles. The zero-order valence-electron chi connectivity index (χ0n) is 12.1. The molecule has 0 atom stereocenters. The Morgan fingerprint density at radius 3 is 2.78 bits per heavy atom. The monoisotopic (exact) mass is 309 g/mol. The van der Waals surface area contributed by atoms with Crippen molar-refractivity contribution in [1.29, 1.82) is 5.26 Å². The fraction of sp³-hybridized carbons (Fsp3) is 0.176. The molecule has 0 N–H and O–H groups in total. The molecule has 0 saturated carbocycles. The maximum absolute atomic E-state index is 14.2. The van der Waals surface area contributed by atoms with Crippen LogP contribution in [0.1, 0.15) is 6.42 Å². The van der Waals surface area contributed by atoms with Crippen molar-refractivity contribution < 1.29 is 13.9 Å². The highest BCUT2D eigenvalue weighted by molar-refractivity contribution is 5.84. The van der Waals surface area contributed by atoms with E-state index in [1.165, 1.54) is 6.07 Å². The molecule has 1 aromatic heterocycles. The second-order valence-electron chi connectivity index (χ2n) is 5.17. The lowest BCUT2D eigenvalue weighted by molar-refractivity contribution is 0.174. The Morgan fingerprint density at radius 1 is 1.22 bits per heavy atom. The number of nitriles is 1. The van der Waals surface area contributed by atoms with Crippen LogP contribution in [0.25, 0.3) is 22.4 Å². The lowest BCUT2D eigenvalue weighted by atomic mass is 10.2. The molecule has 1 aliphatic rings. The number of benzene rings is 2. The van der Waals surface area contributed by atoms with Crippen LogP contribution in [-0.2, 0) is 6.54 Å². The van der Waals surface area contributed by atoms with Gasteiger partial charge in [-0.2, -0.15) is 5.26 Å². The highest BCUT2D eigenvalue weighted by Gasteiger charge is 2.20. The zero-order chi connectivity index (χ0) is 15.8. The molecule has 114 valence electrons. The summed E-state index contributed by atoms with van der Waals surface area (Å²) in [5, 5.41) is 8.91. The van der Waals surface area contributed by atoms with E-state index in [0.29, 0.717) is 41.4 Å². The Kier molecular flexibility index (Phi) is 3.12. The molecule has 0 unspecified atom stereocenters. The molecule has 0 spiro atoms. The van der Waals surface area contributed by atoms with E-state index in [9.17, 15) is 4.39 Å². The SMILES string of the molecule is N#CCCn1c(-c2ccccc2F)nc2cc3c(cc21)OCO3. The van der Waals surface area contributed by atoms with Crippen LogP contribution in [-0.4, -0.2) is 16.3 Å². The second-order valence-corrected chi connectivity index (χ2v) is 5.17. The molecule has 0 fully saturated rings. The van der Waals surface area contributed by atoms with Crippen LogP contribution >= 0.6 is 0 Å². The van der Waals surface area contributed by atoms with Crippen molar-refractivity contribution in [2.24, 2.45) is 0 Å². The summed E-state index contributed by atoms with van der Waals surface area (Å²) in [6.45, 7) is 0.608. The molecule has 23 heavy (non-hydrogen) atoms. The quantitative estimate of drug-likeness (QED) is 0.743. The summed E-state index contributed by atoms with van der Waals surface area (Å²) >= 11 is 0. The van der Waals surface area contributed by atoms with Crippen LogP contribution in [0.4, 0.5) is 4.39 Å². The third-order valence-corrected chi connectivity index (χ3v) is 3.80. The number of aryl methyl sites for hydroxylation is 1. The number of fused-ring (bicyclic) bond motifs is 2. The van der Waals surface area contributed by atoms with Gasteiger partial charge in [-0.05, 0) is 12.1 Å². The third kappa shape index (κ3) is 2.18. The molecular formula is C17H12FN3O2. The van der Waals surface area contributed by atoms with E-state index in [1.807, 2.05) is 10.6 Å². The van der Waals surface area contributed by atoms with E-state index in [0.717, 1.165) is 5.52 Å². The van der Waals surface area contributed by atoms with E-state index in [2.05, 4.69) is 11.1 Å². The fourth-order valence-corrected chi connectivity index (χ4v) is 2.75. The van der Waals surface area contributed by atoms with Gasteiger partial charge in [-0.25, -0.2) is 9.37 Å². The summed E-state index contributed by atoms with van der Waals surface area (Å²) in [6, 6.07) is 12.2. The summed E-state index contributed by atoms with van der Waals surface area (Å²) in [6.07, 6.45) is 0.307. The van der Waals surface area contributed by atoms with E-state index in [4.69, 9.17) is 14.7 Å². The molecular weight excluding hydrogens is 297 g/mol. The molecule has 0 saturated heterocycles. The van der Waals surface area contributed by atoms with Gasteiger partial charge in [0.15, 0.2) is 11.5 Å².